The van der Waals surface area contributed by atoms with E-state index in [-0.39, 0.29) is 0 Å². The van der Waals surface area contributed by atoms with Gasteiger partial charge < -0.3 is 10.2 Å². The molecule has 0 aromatic carbocycles. The fourth-order valence-corrected chi connectivity index (χ4v) is 2.33. The van der Waals surface area contributed by atoms with Gasteiger partial charge in [0.15, 0.2) is 0 Å². The van der Waals surface area contributed by atoms with Crippen LogP contribution in [-0.2, 0) is 19.3 Å². The standard InChI is InChI=1S/C14H23N3/c1-4-12-10-11(7-9-17(2)3)13-6-5-8-15-14(13)16-12/h10H,4-9H2,1-3H3,(H,15,16). The molecule has 0 bridgehead atoms. The Kier molecular flexibility index (Phi) is 4.00. The van der Waals surface area contributed by atoms with Gasteiger partial charge in [-0.2, -0.15) is 0 Å². The number of aromatic nitrogens is 1. The van der Waals surface area contributed by atoms with Crippen LogP contribution in [0.4, 0.5) is 5.82 Å². The molecule has 0 fully saturated rings. The molecular weight excluding hydrogens is 210 g/mol. The number of likely N-dealkylation sites (N-methyl/N-ethyl adjacent to an activating group) is 1. The van der Waals surface area contributed by atoms with Crippen molar-refractivity contribution in [3.05, 3.63) is 22.9 Å². The summed E-state index contributed by atoms with van der Waals surface area (Å²) in [4.78, 5) is 6.94. The third-order valence-corrected chi connectivity index (χ3v) is 3.36. The maximum atomic E-state index is 4.69. The van der Waals surface area contributed by atoms with Crippen molar-refractivity contribution < 1.29 is 0 Å². The maximum absolute atomic E-state index is 4.69. The summed E-state index contributed by atoms with van der Waals surface area (Å²) in [5.74, 6) is 1.14. The second-order valence-corrected chi connectivity index (χ2v) is 5.04. The Morgan fingerprint density at radius 3 is 2.94 bits per heavy atom. The van der Waals surface area contributed by atoms with Crippen LogP contribution in [0.25, 0.3) is 0 Å². The fourth-order valence-electron chi connectivity index (χ4n) is 2.33. The van der Waals surface area contributed by atoms with Crippen molar-refractivity contribution >= 4 is 5.82 Å². The quantitative estimate of drug-likeness (QED) is 0.863. The van der Waals surface area contributed by atoms with Crippen molar-refractivity contribution in [2.24, 2.45) is 0 Å². The van der Waals surface area contributed by atoms with Crippen molar-refractivity contribution in [2.75, 3.05) is 32.5 Å². The molecule has 0 aliphatic carbocycles. The highest BCUT2D eigenvalue weighted by molar-refractivity contribution is 5.51. The molecule has 0 radical (unpaired) electrons. The van der Waals surface area contributed by atoms with E-state index in [9.17, 15) is 0 Å². The average molecular weight is 233 g/mol. The number of hydrogen-bond donors (Lipinski definition) is 1. The minimum absolute atomic E-state index is 1.02. The van der Waals surface area contributed by atoms with Gasteiger partial charge in [0.1, 0.15) is 5.82 Å². The van der Waals surface area contributed by atoms with Gasteiger partial charge in [-0.15, -0.1) is 0 Å². The first-order chi connectivity index (χ1) is 8.20. The Morgan fingerprint density at radius 1 is 1.41 bits per heavy atom. The highest BCUT2D eigenvalue weighted by Gasteiger charge is 2.15. The van der Waals surface area contributed by atoms with Gasteiger partial charge in [0, 0.05) is 18.8 Å². The summed E-state index contributed by atoms with van der Waals surface area (Å²) in [7, 11) is 4.26. The van der Waals surface area contributed by atoms with Crippen molar-refractivity contribution in [1.82, 2.24) is 9.88 Å². The summed E-state index contributed by atoms with van der Waals surface area (Å²) < 4.78 is 0. The SMILES string of the molecule is CCc1cc(CCN(C)C)c2c(n1)NCCC2. The topological polar surface area (TPSA) is 28.2 Å². The third kappa shape index (κ3) is 2.97. The predicted octanol–water partition coefficient (Wildman–Crippen LogP) is 2.11. The minimum atomic E-state index is 1.02. The molecule has 1 aliphatic heterocycles. The van der Waals surface area contributed by atoms with Gasteiger partial charge in [0.25, 0.3) is 0 Å². The highest BCUT2D eigenvalue weighted by atomic mass is 15.0. The lowest BCUT2D eigenvalue weighted by atomic mass is 9.97. The summed E-state index contributed by atoms with van der Waals surface area (Å²) >= 11 is 0. The first-order valence-electron chi connectivity index (χ1n) is 6.61. The molecule has 1 N–H and O–H groups in total. The van der Waals surface area contributed by atoms with Crippen LogP contribution in [0, 0.1) is 0 Å². The summed E-state index contributed by atoms with van der Waals surface area (Å²) in [6.07, 6.45) is 4.56. The van der Waals surface area contributed by atoms with Crippen molar-refractivity contribution in [1.29, 1.82) is 0 Å². The van der Waals surface area contributed by atoms with E-state index in [0.29, 0.717) is 0 Å². The second kappa shape index (κ2) is 5.50. The smallest absolute Gasteiger partial charge is 0.129 e. The maximum Gasteiger partial charge on any atom is 0.129 e. The molecule has 0 saturated heterocycles. The number of anilines is 1. The molecule has 94 valence electrons. The van der Waals surface area contributed by atoms with Crippen molar-refractivity contribution in [3.8, 4) is 0 Å². The normalized spacial score (nSPS) is 14.6. The first kappa shape index (κ1) is 12.4. The minimum Gasteiger partial charge on any atom is -0.370 e. The number of nitrogens with one attached hydrogen (secondary N) is 1. The zero-order valence-corrected chi connectivity index (χ0v) is 11.2. The lowest BCUT2D eigenvalue weighted by molar-refractivity contribution is 0.413. The van der Waals surface area contributed by atoms with E-state index in [2.05, 4.69) is 37.3 Å². The lowest BCUT2D eigenvalue weighted by Gasteiger charge is -2.22. The number of fused-ring (bicyclic) bond motifs is 1. The molecule has 2 rings (SSSR count). The fraction of sp³-hybridized carbons (Fsp3) is 0.643. The largest absolute Gasteiger partial charge is 0.370 e. The van der Waals surface area contributed by atoms with Crippen LogP contribution in [0.15, 0.2) is 6.07 Å². The monoisotopic (exact) mass is 233 g/mol. The summed E-state index contributed by atoms with van der Waals surface area (Å²) in [5.41, 5.74) is 4.16. The Labute approximate surface area is 104 Å². The molecule has 0 saturated carbocycles. The van der Waals surface area contributed by atoms with Crippen LogP contribution in [0.3, 0.4) is 0 Å². The van der Waals surface area contributed by atoms with Crippen LogP contribution >= 0.6 is 0 Å². The second-order valence-electron chi connectivity index (χ2n) is 5.04. The van der Waals surface area contributed by atoms with Gasteiger partial charge in [0.05, 0.1) is 0 Å². The summed E-state index contributed by atoms with van der Waals surface area (Å²) in [6, 6.07) is 2.30. The van der Waals surface area contributed by atoms with E-state index in [1.54, 1.807) is 0 Å². The zero-order valence-electron chi connectivity index (χ0n) is 11.2. The molecule has 0 spiro atoms. The number of rotatable bonds is 4. The third-order valence-electron chi connectivity index (χ3n) is 3.36. The Bertz CT molecular complexity index is 385. The van der Waals surface area contributed by atoms with Gasteiger partial charge in [0.2, 0.25) is 0 Å². The van der Waals surface area contributed by atoms with Crippen LogP contribution in [0.2, 0.25) is 0 Å². The van der Waals surface area contributed by atoms with E-state index in [4.69, 9.17) is 4.98 Å². The molecule has 1 aromatic rings. The Hall–Kier alpha value is -1.09. The molecule has 2 heterocycles. The lowest BCUT2D eigenvalue weighted by Crippen LogP contribution is -2.20. The van der Waals surface area contributed by atoms with E-state index >= 15 is 0 Å². The number of aryl methyl sites for hydroxylation is 1. The molecule has 3 heteroatoms. The Morgan fingerprint density at radius 2 is 2.24 bits per heavy atom. The van der Waals surface area contributed by atoms with Gasteiger partial charge >= 0.3 is 0 Å². The number of nitrogens with zero attached hydrogens (tertiary/aromatic N) is 2. The van der Waals surface area contributed by atoms with E-state index in [0.717, 1.165) is 31.7 Å². The average Bonchev–Trinajstić information content (AvgIpc) is 2.35. The molecule has 17 heavy (non-hydrogen) atoms. The van der Waals surface area contributed by atoms with Gasteiger partial charge in [-0.1, -0.05) is 6.92 Å². The van der Waals surface area contributed by atoms with E-state index < -0.39 is 0 Å². The molecular formula is C14H23N3. The molecule has 3 nitrogen and oxygen atoms in total. The predicted molar refractivity (Wildman–Crippen MR) is 72.7 cm³/mol. The van der Waals surface area contributed by atoms with Crippen LogP contribution in [0.1, 0.15) is 30.2 Å². The summed E-state index contributed by atoms with van der Waals surface area (Å²) in [5, 5.41) is 3.44. The van der Waals surface area contributed by atoms with Crippen LogP contribution in [0.5, 0.6) is 0 Å². The first-order valence-corrected chi connectivity index (χ1v) is 6.61. The van der Waals surface area contributed by atoms with Crippen LogP contribution in [-0.4, -0.2) is 37.1 Å². The van der Waals surface area contributed by atoms with Gasteiger partial charge in [-0.25, -0.2) is 4.98 Å². The number of pyridine rings is 1. The number of hydrogen-bond acceptors (Lipinski definition) is 3. The van der Waals surface area contributed by atoms with E-state index in [1.165, 1.54) is 29.7 Å². The molecule has 0 unspecified atom stereocenters. The molecule has 1 aliphatic rings. The van der Waals surface area contributed by atoms with Gasteiger partial charge in [-0.05, 0) is 57.0 Å². The zero-order chi connectivity index (χ0) is 12.3. The molecule has 0 amide bonds. The van der Waals surface area contributed by atoms with Gasteiger partial charge in [-0.3, -0.25) is 0 Å². The van der Waals surface area contributed by atoms with E-state index in [1.807, 2.05) is 0 Å². The van der Waals surface area contributed by atoms with Crippen LogP contribution < -0.4 is 5.32 Å². The van der Waals surface area contributed by atoms with Crippen molar-refractivity contribution in [3.63, 3.8) is 0 Å². The molecule has 0 atom stereocenters. The molecule has 1 aromatic heterocycles. The Balaban J connectivity index is 2.27. The highest BCUT2D eigenvalue weighted by Crippen LogP contribution is 2.25. The van der Waals surface area contributed by atoms with Crippen molar-refractivity contribution in [2.45, 2.75) is 32.6 Å². The summed E-state index contributed by atoms with van der Waals surface area (Å²) in [6.45, 7) is 4.35.